The summed E-state index contributed by atoms with van der Waals surface area (Å²) >= 11 is 5.94. The summed E-state index contributed by atoms with van der Waals surface area (Å²) < 4.78 is 1.79. The zero-order chi connectivity index (χ0) is 15.9. The maximum atomic E-state index is 11.9. The third-order valence-electron chi connectivity index (χ3n) is 3.11. The summed E-state index contributed by atoms with van der Waals surface area (Å²) in [5, 5.41) is 5.85. The van der Waals surface area contributed by atoms with Gasteiger partial charge in [0.05, 0.1) is 23.3 Å². The Balaban J connectivity index is 1.71. The van der Waals surface area contributed by atoms with E-state index >= 15 is 0 Å². The number of hydrogen-bond donors (Lipinski definition) is 2. The van der Waals surface area contributed by atoms with Gasteiger partial charge in [0.1, 0.15) is 0 Å². The lowest BCUT2D eigenvalue weighted by Crippen LogP contribution is -2.35. The first-order valence-corrected chi connectivity index (χ1v) is 7.20. The minimum absolute atomic E-state index is 0.115. The van der Waals surface area contributed by atoms with E-state index in [1.165, 1.54) is 0 Å². The van der Waals surface area contributed by atoms with Gasteiger partial charge in [-0.1, -0.05) is 23.7 Å². The van der Waals surface area contributed by atoms with Crippen molar-refractivity contribution in [2.24, 2.45) is 7.05 Å². The van der Waals surface area contributed by atoms with Gasteiger partial charge in [-0.15, -0.1) is 0 Å². The highest BCUT2D eigenvalue weighted by atomic mass is 35.5. The van der Waals surface area contributed by atoms with E-state index in [1.807, 2.05) is 7.05 Å². The summed E-state index contributed by atoms with van der Waals surface area (Å²) in [5.41, 5.74) is 1.25. The van der Waals surface area contributed by atoms with Gasteiger partial charge < -0.3 is 15.2 Å². The fraction of sp³-hybridized carbons (Fsp3) is 0.267. The Morgan fingerprint density at radius 3 is 2.64 bits per heavy atom. The molecule has 1 aromatic heterocycles. The van der Waals surface area contributed by atoms with E-state index in [-0.39, 0.29) is 18.2 Å². The highest BCUT2D eigenvalue weighted by molar-refractivity contribution is 6.33. The van der Waals surface area contributed by atoms with Crippen LogP contribution >= 0.6 is 11.6 Å². The van der Waals surface area contributed by atoms with E-state index in [9.17, 15) is 9.59 Å². The highest BCUT2D eigenvalue weighted by Gasteiger charge is 2.09. The van der Waals surface area contributed by atoms with Crippen LogP contribution in [0.2, 0.25) is 5.02 Å². The van der Waals surface area contributed by atoms with Crippen molar-refractivity contribution in [1.29, 1.82) is 0 Å². The normalized spacial score (nSPS) is 10.3. The average molecular weight is 321 g/mol. The van der Waals surface area contributed by atoms with Gasteiger partial charge in [0.15, 0.2) is 0 Å². The smallest absolute Gasteiger partial charge is 0.252 e. The van der Waals surface area contributed by atoms with E-state index in [2.05, 4.69) is 15.6 Å². The minimum Gasteiger partial charge on any atom is -0.354 e. The summed E-state index contributed by atoms with van der Waals surface area (Å²) in [6.45, 7) is 0.689. The first-order valence-electron chi connectivity index (χ1n) is 6.82. The number of amides is 2. The molecule has 2 aromatic rings. The molecule has 0 bridgehead atoms. The van der Waals surface area contributed by atoms with Crippen LogP contribution in [-0.4, -0.2) is 34.5 Å². The number of hydrogen-bond acceptors (Lipinski definition) is 3. The third-order valence-corrected chi connectivity index (χ3v) is 3.44. The van der Waals surface area contributed by atoms with E-state index in [0.717, 1.165) is 5.69 Å². The molecule has 0 atom stereocenters. The van der Waals surface area contributed by atoms with Crippen molar-refractivity contribution in [2.45, 2.75) is 6.42 Å². The Hall–Kier alpha value is -2.34. The van der Waals surface area contributed by atoms with Crippen LogP contribution in [0, 0.1) is 0 Å². The number of imidazole rings is 1. The predicted molar refractivity (Wildman–Crippen MR) is 83.7 cm³/mol. The quantitative estimate of drug-likeness (QED) is 0.784. The molecular weight excluding hydrogens is 304 g/mol. The predicted octanol–water partition coefficient (Wildman–Crippen LogP) is 1.16. The van der Waals surface area contributed by atoms with Gasteiger partial charge >= 0.3 is 0 Å². The zero-order valence-corrected chi connectivity index (χ0v) is 12.9. The van der Waals surface area contributed by atoms with Gasteiger partial charge in [-0.3, -0.25) is 9.59 Å². The van der Waals surface area contributed by atoms with Crippen LogP contribution in [0.1, 0.15) is 16.1 Å². The third kappa shape index (κ3) is 4.33. The van der Waals surface area contributed by atoms with Gasteiger partial charge in [0.2, 0.25) is 5.91 Å². The zero-order valence-electron chi connectivity index (χ0n) is 12.2. The van der Waals surface area contributed by atoms with Crippen molar-refractivity contribution >= 4 is 23.4 Å². The molecule has 1 heterocycles. The Bertz CT molecular complexity index is 669. The SMILES string of the molecule is Cn1cncc1CC(=O)NCCNC(=O)c1ccccc1Cl. The molecule has 0 radical (unpaired) electrons. The van der Waals surface area contributed by atoms with Crippen molar-refractivity contribution in [3.05, 3.63) is 53.1 Å². The number of rotatable bonds is 6. The first kappa shape index (κ1) is 16.0. The van der Waals surface area contributed by atoms with Crippen LogP contribution in [0.4, 0.5) is 0 Å². The summed E-state index contributed by atoms with van der Waals surface area (Å²) in [6.07, 6.45) is 3.56. The number of aryl methyl sites for hydroxylation is 1. The molecular formula is C15H17ClN4O2. The molecule has 6 nitrogen and oxygen atoms in total. The monoisotopic (exact) mass is 320 g/mol. The molecule has 0 fully saturated rings. The molecule has 0 aliphatic rings. The Labute approximate surface area is 133 Å². The summed E-state index contributed by atoms with van der Waals surface area (Å²) in [7, 11) is 1.83. The summed E-state index contributed by atoms with van der Waals surface area (Å²) in [5.74, 6) is -0.373. The van der Waals surface area contributed by atoms with Crippen LogP contribution in [0.15, 0.2) is 36.8 Å². The van der Waals surface area contributed by atoms with Crippen molar-refractivity contribution in [3.63, 3.8) is 0 Å². The molecule has 2 N–H and O–H groups in total. The van der Waals surface area contributed by atoms with Crippen LogP contribution in [0.5, 0.6) is 0 Å². The van der Waals surface area contributed by atoms with Crippen molar-refractivity contribution < 1.29 is 9.59 Å². The van der Waals surface area contributed by atoms with Crippen molar-refractivity contribution in [3.8, 4) is 0 Å². The fourth-order valence-corrected chi connectivity index (χ4v) is 2.12. The molecule has 0 spiro atoms. The summed E-state index contributed by atoms with van der Waals surface area (Å²) in [6, 6.07) is 6.82. The van der Waals surface area contributed by atoms with E-state index in [4.69, 9.17) is 11.6 Å². The number of halogens is 1. The Kier molecular flexibility index (Phi) is 5.55. The van der Waals surface area contributed by atoms with Crippen molar-refractivity contribution in [1.82, 2.24) is 20.2 Å². The maximum absolute atomic E-state index is 11.9. The molecule has 22 heavy (non-hydrogen) atoms. The second-order valence-electron chi connectivity index (χ2n) is 4.76. The number of carbonyl (C=O) groups is 2. The largest absolute Gasteiger partial charge is 0.354 e. The number of benzene rings is 1. The van der Waals surface area contributed by atoms with Gasteiger partial charge in [0, 0.05) is 32.0 Å². The lowest BCUT2D eigenvalue weighted by Gasteiger charge is -2.08. The lowest BCUT2D eigenvalue weighted by atomic mass is 10.2. The van der Waals surface area contributed by atoms with Gasteiger partial charge in [-0.05, 0) is 12.1 Å². The molecule has 116 valence electrons. The minimum atomic E-state index is -0.258. The maximum Gasteiger partial charge on any atom is 0.252 e. The number of nitrogens with one attached hydrogen (secondary N) is 2. The molecule has 2 rings (SSSR count). The van der Waals surface area contributed by atoms with Crippen LogP contribution < -0.4 is 10.6 Å². The van der Waals surface area contributed by atoms with Crippen molar-refractivity contribution in [2.75, 3.05) is 13.1 Å². The molecule has 1 aromatic carbocycles. The Morgan fingerprint density at radius 2 is 1.95 bits per heavy atom. The standard InChI is InChI=1S/C15H17ClN4O2/c1-20-10-17-9-11(20)8-14(21)18-6-7-19-15(22)12-4-2-3-5-13(12)16/h2-5,9-10H,6-8H2,1H3,(H,18,21)(H,19,22). The summed E-state index contributed by atoms with van der Waals surface area (Å²) in [4.78, 5) is 27.6. The van der Waals surface area contributed by atoms with E-state index < -0.39 is 0 Å². The average Bonchev–Trinajstić information content (AvgIpc) is 2.89. The van der Waals surface area contributed by atoms with E-state index in [1.54, 1.807) is 41.4 Å². The van der Waals surface area contributed by atoms with Gasteiger partial charge in [-0.2, -0.15) is 0 Å². The number of carbonyl (C=O) groups excluding carboxylic acids is 2. The van der Waals surface area contributed by atoms with Crippen LogP contribution in [-0.2, 0) is 18.3 Å². The first-order chi connectivity index (χ1) is 10.6. The van der Waals surface area contributed by atoms with Gasteiger partial charge in [-0.25, -0.2) is 4.98 Å². The van der Waals surface area contributed by atoms with Crippen LogP contribution in [0.25, 0.3) is 0 Å². The lowest BCUT2D eigenvalue weighted by molar-refractivity contribution is -0.120. The highest BCUT2D eigenvalue weighted by Crippen LogP contribution is 2.14. The molecule has 0 unspecified atom stereocenters. The van der Waals surface area contributed by atoms with E-state index in [0.29, 0.717) is 23.7 Å². The molecule has 0 aliphatic carbocycles. The molecule has 0 saturated carbocycles. The molecule has 7 heteroatoms. The number of nitrogens with zero attached hydrogens (tertiary/aromatic N) is 2. The fourth-order valence-electron chi connectivity index (χ4n) is 1.90. The second-order valence-corrected chi connectivity index (χ2v) is 5.17. The molecule has 0 aliphatic heterocycles. The second kappa shape index (κ2) is 7.61. The molecule has 2 amide bonds. The topological polar surface area (TPSA) is 76.0 Å². The van der Waals surface area contributed by atoms with Gasteiger partial charge in [0.25, 0.3) is 5.91 Å². The van der Waals surface area contributed by atoms with Crippen LogP contribution in [0.3, 0.4) is 0 Å². The Morgan fingerprint density at radius 1 is 1.23 bits per heavy atom. The number of aromatic nitrogens is 2. The molecule has 0 saturated heterocycles.